The normalized spacial score (nSPS) is 17.3. The molecule has 0 radical (unpaired) electrons. The third-order valence-electron chi connectivity index (χ3n) is 5.00. The van der Waals surface area contributed by atoms with Crippen LogP contribution in [0.25, 0.3) is 0 Å². The summed E-state index contributed by atoms with van der Waals surface area (Å²) in [5.41, 5.74) is 1.42. The number of fused-ring (bicyclic) bond motifs is 1. The maximum absolute atomic E-state index is 13.0. The van der Waals surface area contributed by atoms with Gasteiger partial charge in [-0.15, -0.1) is 0 Å². The Bertz CT molecular complexity index is 968. The highest BCUT2D eigenvalue weighted by molar-refractivity contribution is 7.89. The zero-order valence-corrected chi connectivity index (χ0v) is 16.4. The summed E-state index contributed by atoms with van der Waals surface area (Å²) in [6.07, 6.45) is -1.97. The summed E-state index contributed by atoms with van der Waals surface area (Å²) in [4.78, 5) is 0. The number of benzene rings is 1. The van der Waals surface area contributed by atoms with Gasteiger partial charge in [0, 0.05) is 25.9 Å². The molecule has 0 fully saturated rings. The fourth-order valence-electron chi connectivity index (χ4n) is 3.52. The molecule has 28 heavy (non-hydrogen) atoms. The lowest BCUT2D eigenvalue weighted by atomic mass is 10.0. The summed E-state index contributed by atoms with van der Waals surface area (Å²) in [6.45, 7) is -0.599. The molecular formula is C18H22F3N3O3S. The quantitative estimate of drug-likeness (QED) is 0.783. The van der Waals surface area contributed by atoms with Gasteiger partial charge in [0.05, 0.1) is 18.9 Å². The molecule has 0 saturated carbocycles. The van der Waals surface area contributed by atoms with E-state index in [0.717, 1.165) is 29.5 Å². The molecular weight excluding hydrogens is 395 g/mol. The first-order valence-corrected chi connectivity index (χ1v) is 10.4. The molecule has 1 N–H and O–H groups in total. The Labute approximate surface area is 161 Å². The number of aryl methyl sites for hydroxylation is 1. The molecule has 1 atom stereocenters. The van der Waals surface area contributed by atoms with Gasteiger partial charge in [-0.05, 0) is 35.4 Å². The topological polar surface area (TPSA) is 75.4 Å². The van der Waals surface area contributed by atoms with E-state index in [9.17, 15) is 21.6 Å². The zero-order valence-electron chi connectivity index (χ0n) is 15.6. The van der Waals surface area contributed by atoms with Crippen LogP contribution in [0.3, 0.4) is 0 Å². The molecule has 1 aliphatic carbocycles. The second kappa shape index (κ2) is 7.49. The van der Waals surface area contributed by atoms with Crippen molar-refractivity contribution in [3.63, 3.8) is 0 Å². The van der Waals surface area contributed by atoms with Crippen molar-refractivity contribution < 1.29 is 26.7 Å². The van der Waals surface area contributed by atoms with Crippen LogP contribution in [0.4, 0.5) is 13.2 Å². The predicted octanol–water partition coefficient (Wildman–Crippen LogP) is 2.36. The van der Waals surface area contributed by atoms with Gasteiger partial charge < -0.3 is 5.11 Å². The number of alkyl halides is 3. The minimum atomic E-state index is -4.62. The molecule has 154 valence electrons. The van der Waals surface area contributed by atoms with Crippen LogP contribution in [0.5, 0.6) is 0 Å². The summed E-state index contributed by atoms with van der Waals surface area (Å²) in [7, 11) is -0.297. The fraction of sp³-hybridized carbons (Fsp3) is 0.500. The molecule has 1 unspecified atom stereocenters. The summed E-state index contributed by atoms with van der Waals surface area (Å²) in [5.74, 6) is -0.0423. The average Bonchev–Trinajstić information content (AvgIpc) is 3.18. The SMILES string of the molecule is CN(C)S(=O)(=O)CC1CCc2cc(Cn3cc(CO)c(C(F)(F)F)n3)ccc21. The Morgan fingerprint density at radius 2 is 2.04 bits per heavy atom. The van der Waals surface area contributed by atoms with Crippen LogP contribution in [0, 0.1) is 0 Å². The first-order valence-electron chi connectivity index (χ1n) is 8.77. The van der Waals surface area contributed by atoms with Gasteiger partial charge in [0.1, 0.15) is 0 Å². The summed E-state index contributed by atoms with van der Waals surface area (Å²) in [5, 5.41) is 12.7. The van der Waals surface area contributed by atoms with Crippen molar-refractivity contribution in [2.24, 2.45) is 0 Å². The van der Waals surface area contributed by atoms with E-state index in [1.807, 2.05) is 12.1 Å². The first kappa shape index (κ1) is 20.8. The number of rotatable bonds is 6. The number of aromatic nitrogens is 2. The molecule has 6 nitrogen and oxygen atoms in total. The molecule has 0 aliphatic heterocycles. The van der Waals surface area contributed by atoms with Crippen LogP contribution in [0.15, 0.2) is 24.4 Å². The number of halogens is 3. The average molecular weight is 417 g/mol. The summed E-state index contributed by atoms with van der Waals surface area (Å²) in [6, 6.07) is 5.53. The predicted molar refractivity (Wildman–Crippen MR) is 97.2 cm³/mol. The molecule has 0 amide bonds. The number of hydrogen-bond donors (Lipinski definition) is 1. The Kier molecular flexibility index (Phi) is 5.57. The van der Waals surface area contributed by atoms with E-state index in [0.29, 0.717) is 0 Å². The van der Waals surface area contributed by atoms with E-state index in [-0.39, 0.29) is 23.8 Å². The molecule has 1 aromatic carbocycles. The summed E-state index contributed by atoms with van der Waals surface area (Å²) < 4.78 is 65.6. The Morgan fingerprint density at radius 3 is 2.61 bits per heavy atom. The van der Waals surface area contributed by atoms with Crippen LogP contribution >= 0.6 is 0 Å². The Hall–Kier alpha value is -1.91. The first-order chi connectivity index (χ1) is 13.0. The Morgan fingerprint density at radius 1 is 1.32 bits per heavy atom. The number of hydrogen-bond acceptors (Lipinski definition) is 4. The van der Waals surface area contributed by atoms with Crippen molar-refractivity contribution >= 4 is 10.0 Å². The highest BCUT2D eigenvalue weighted by Gasteiger charge is 2.37. The van der Waals surface area contributed by atoms with Crippen LogP contribution in [0.2, 0.25) is 0 Å². The van der Waals surface area contributed by atoms with E-state index in [2.05, 4.69) is 5.10 Å². The number of sulfonamides is 1. The van der Waals surface area contributed by atoms with Gasteiger partial charge in [-0.2, -0.15) is 18.3 Å². The highest BCUT2D eigenvalue weighted by Crippen LogP contribution is 2.35. The summed E-state index contributed by atoms with van der Waals surface area (Å²) >= 11 is 0. The van der Waals surface area contributed by atoms with Crippen molar-refractivity contribution in [2.75, 3.05) is 19.8 Å². The molecule has 0 saturated heterocycles. The third-order valence-corrected chi connectivity index (χ3v) is 6.93. The standard InChI is InChI=1S/C18H22F3N3O3S/c1-23(2)28(26,27)11-14-5-4-13-7-12(3-6-16(13)14)8-24-9-15(10-25)17(22-24)18(19,20)21/h3,6-7,9,14,25H,4-5,8,10-11H2,1-2H3. The number of aliphatic hydroxyl groups excluding tert-OH is 1. The van der Waals surface area contributed by atoms with Crippen LogP contribution in [0.1, 0.15) is 40.3 Å². The smallest absolute Gasteiger partial charge is 0.392 e. The molecule has 0 spiro atoms. The van der Waals surface area contributed by atoms with E-state index >= 15 is 0 Å². The van der Waals surface area contributed by atoms with Crippen molar-refractivity contribution in [1.29, 1.82) is 0 Å². The zero-order chi connectivity index (χ0) is 20.7. The second-order valence-electron chi connectivity index (χ2n) is 7.19. The van der Waals surface area contributed by atoms with Gasteiger partial charge in [0.25, 0.3) is 0 Å². The lowest BCUT2D eigenvalue weighted by molar-refractivity contribution is -0.142. The molecule has 3 rings (SSSR count). The van der Waals surface area contributed by atoms with Gasteiger partial charge in [-0.25, -0.2) is 12.7 Å². The van der Waals surface area contributed by atoms with Crippen LogP contribution in [-0.4, -0.2) is 47.5 Å². The van der Waals surface area contributed by atoms with Gasteiger partial charge in [0.2, 0.25) is 10.0 Å². The van der Waals surface area contributed by atoms with Crippen molar-refractivity contribution in [3.8, 4) is 0 Å². The van der Waals surface area contributed by atoms with E-state index in [1.54, 1.807) is 6.07 Å². The van der Waals surface area contributed by atoms with E-state index in [4.69, 9.17) is 5.11 Å². The number of aliphatic hydroxyl groups is 1. The number of nitrogens with zero attached hydrogens (tertiary/aromatic N) is 3. The van der Waals surface area contributed by atoms with Gasteiger partial charge in [0.15, 0.2) is 5.69 Å². The monoisotopic (exact) mass is 417 g/mol. The van der Waals surface area contributed by atoms with Gasteiger partial charge in [-0.1, -0.05) is 18.2 Å². The minimum Gasteiger partial charge on any atom is -0.392 e. The molecule has 1 heterocycles. The minimum absolute atomic E-state index is 0.0420. The molecule has 2 aromatic rings. The largest absolute Gasteiger partial charge is 0.435 e. The molecule has 0 bridgehead atoms. The van der Waals surface area contributed by atoms with E-state index < -0.39 is 28.5 Å². The van der Waals surface area contributed by atoms with Gasteiger partial charge in [-0.3, -0.25) is 4.68 Å². The Balaban J connectivity index is 1.80. The molecule has 10 heteroatoms. The van der Waals surface area contributed by atoms with Crippen molar-refractivity contribution in [2.45, 2.75) is 38.1 Å². The lowest BCUT2D eigenvalue weighted by Gasteiger charge is -2.16. The lowest BCUT2D eigenvalue weighted by Crippen LogP contribution is -2.27. The molecule has 1 aromatic heterocycles. The second-order valence-corrected chi connectivity index (χ2v) is 9.41. The van der Waals surface area contributed by atoms with Crippen molar-refractivity contribution in [3.05, 3.63) is 52.3 Å². The maximum Gasteiger partial charge on any atom is 0.435 e. The molecule has 1 aliphatic rings. The fourth-order valence-corrected chi connectivity index (χ4v) is 4.67. The van der Waals surface area contributed by atoms with E-state index in [1.165, 1.54) is 29.3 Å². The van der Waals surface area contributed by atoms with Crippen molar-refractivity contribution in [1.82, 2.24) is 14.1 Å². The van der Waals surface area contributed by atoms with Crippen LogP contribution in [-0.2, 0) is 35.8 Å². The highest BCUT2D eigenvalue weighted by atomic mass is 32.2. The van der Waals surface area contributed by atoms with Crippen LogP contribution < -0.4 is 0 Å². The van der Waals surface area contributed by atoms with Gasteiger partial charge >= 0.3 is 6.18 Å². The maximum atomic E-state index is 13.0. The third kappa shape index (κ3) is 4.23.